The lowest BCUT2D eigenvalue weighted by atomic mass is 10.1. The Kier molecular flexibility index (Phi) is 5.75. The highest BCUT2D eigenvalue weighted by atomic mass is 79.9. The molecule has 0 aliphatic rings. The van der Waals surface area contributed by atoms with Crippen molar-refractivity contribution in [2.24, 2.45) is 0 Å². The molecule has 0 fully saturated rings. The van der Waals surface area contributed by atoms with Gasteiger partial charge < -0.3 is 5.32 Å². The summed E-state index contributed by atoms with van der Waals surface area (Å²) in [5.41, 5.74) is 2.23. The van der Waals surface area contributed by atoms with Crippen LogP contribution in [0.5, 0.6) is 0 Å². The SMILES string of the molecule is CC(NCCc1cccc(F)c1)c1ccc(Br)cc1Br. The van der Waals surface area contributed by atoms with Gasteiger partial charge in [0, 0.05) is 15.0 Å². The second kappa shape index (κ2) is 7.34. The first-order valence-corrected chi connectivity index (χ1v) is 8.07. The molecule has 0 aliphatic heterocycles. The molecule has 0 spiro atoms. The average Bonchev–Trinajstić information content (AvgIpc) is 2.38. The number of hydrogen-bond acceptors (Lipinski definition) is 1. The summed E-state index contributed by atoms with van der Waals surface area (Å²) in [7, 11) is 0. The van der Waals surface area contributed by atoms with Crippen LogP contribution in [0, 0.1) is 5.82 Å². The Morgan fingerprint density at radius 2 is 1.95 bits per heavy atom. The Morgan fingerprint density at radius 3 is 2.65 bits per heavy atom. The molecule has 20 heavy (non-hydrogen) atoms. The van der Waals surface area contributed by atoms with Crippen molar-refractivity contribution in [1.29, 1.82) is 0 Å². The topological polar surface area (TPSA) is 12.0 Å². The molecule has 2 rings (SSSR count). The van der Waals surface area contributed by atoms with Gasteiger partial charge in [0.15, 0.2) is 0 Å². The molecule has 1 N–H and O–H groups in total. The lowest BCUT2D eigenvalue weighted by molar-refractivity contribution is 0.572. The summed E-state index contributed by atoms with van der Waals surface area (Å²) in [6.07, 6.45) is 0.816. The van der Waals surface area contributed by atoms with Crippen LogP contribution in [0.4, 0.5) is 4.39 Å². The Labute approximate surface area is 135 Å². The number of hydrogen-bond donors (Lipinski definition) is 1. The van der Waals surface area contributed by atoms with E-state index in [2.05, 4.69) is 50.2 Å². The van der Waals surface area contributed by atoms with Crippen LogP contribution in [0.2, 0.25) is 0 Å². The molecule has 0 saturated carbocycles. The van der Waals surface area contributed by atoms with Crippen LogP contribution in [0.3, 0.4) is 0 Å². The van der Waals surface area contributed by atoms with Crippen LogP contribution in [0.1, 0.15) is 24.1 Å². The van der Waals surface area contributed by atoms with E-state index in [0.29, 0.717) is 0 Å². The molecule has 2 aromatic carbocycles. The highest BCUT2D eigenvalue weighted by molar-refractivity contribution is 9.11. The van der Waals surface area contributed by atoms with E-state index in [1.54, 1.807) is 12.1 Å². The molecule has 1 nitrogen and oxygen atoms in total. The molecule has 1 unspecified atom stereocenters. The van der Waals surface area contributed by atoms with Gasteiger partial charge in [0.1, 0.15) is 5.82 Å². The number of halogens is 3. The van der Waals surface area contributed by atoms with Gasteiger partial charge in [0.25, 0.3) is 0 Å². The fraction of sp³-hybridized carbons (Fsp3) is 0.250. The number of rotatable bonds is 5. The van der Waals surface area contributed by atoms with Crippen LogP contribution in [-0.2, 0) is 6.42 Å². The molecular weight excluding hydrogens is 385 g/mol. The van der Waals surface area contributed by atoms with Gasteiger partial charge in [-0.15, -0.1) is 0 Å². The monoisotopic (exact) mass is 399 g/mol. The first-order chi connectivity index (χ1) is 9.56. The van der Waals surface area contributed by atoms with E-state index in [-0.39, 0.29) is 11.9 Å². The molecule has 2 aromatic rings. The van der Waals surface area contributed by atoms with Crippen molar-refractivity contribution in [3.8, 4) is 0 Å². The lowest BCUT2D eigenvalue weighted by Crippen LogP contribution is -2.21. The zero-order valence-corrected chi connectivity index (χ0v) is 14.3. The zero-order valence-electron chi connectivity index (χ0n) is 11.2. The molecule has 106 valence electrons. The predicted molar refractivity (Wildman–Crippen MR) is 88.4 cm³/mol. The molecule has 0 heterocycles. The van der Waals surface area contributed by atoms with Gasteiger partial charge in [-0.25, -0.2) is 4.39 Å². The maximum Gasteiger partial charge on any atom is 0.123 e. The van der Waals surface area contributed by atoms with Crippen molar-refractivity contribution >= 4 is 31.9 Å². The summed E-state index contributed by atoms with van der Waals surface area (Å²) in [4.78, 5) is 0. The Bertz CT molecular complexity index is 586. The van der Waals surface area contributed by atoms with E-state index in [1.807, 2.05) is 18.2 Å². The summed E-state index contributed by atoms with van der Waals surface area (Å²) in [5, 5.41) is 3.46. The molecule has 0 saturated heterocycles. The third-order valence-electron chi connectivity index (χ3n) is 3.18. The minimum Gasteiger partial charge on any atom is -0.310 e. The van der Waals surface area contributed by atoms with Crippen molar-refractivity contribution in [1.82, 2.24) is 5.32 Å². The maximum absolute atomic E-state index is 13.1. The van der Waals surface area contributed by atoms with Gasteiger partial charge >= 0.3 is 0 Å². The second-order valence-electron chi connectivity index (χ2n) is 4.72. The van der Waals surface area contributed by atoms with E-state index >= 15 is 0 Å². The maximum atomic E-state index is 13.1. The largest absolute Gasteiger partial charge is 0.310 e. The smallest absolute Gasteiger partial charge is 0.123 e. The summed E-state index contributed by atoms with van der Waals surface area (Å²) in [6.45, 7) is 2.94. The van der Waals surface area contributed by atoms with Crippen LogP contribution in [0.25, 0.3) is 0 Å². The van der Waals surface area contributed by atoms with Crippen molar-refractivity contribution in [3.05, 3.63) is 68.4 Å². The summed E-state index contributed by atoms with van der Waals surface area (Å²) in [5.74, 6) is -0.175. The molecule has 0 aromatic heterocycles. The third kappa shape index (κ3) is 4.40. The van der Waals surface area contributed by atoms with Gasteiger partial charge in [-0.2, -0.15) is 0 Å². The molecule has 0 aliphatic carbocycles. The molecule has 1 atom stereocenters. The first kappa shape index (κ1) is 15.7. The van der Waals surface area contributed by atoms with Gasteiger partial charge in [-0.3, -0.25) is 0 Å². The van der Waals surface area contributed by atoms with E-state index < -0.39 is 0 Å². The Hall–Kier alpha value is -0.710. The van der Waals surface area contributed by atoms with Crippen LogP contribution in [-0.4, -0.2) is 6.54 Å². The van der Waals surface area contributed by atoms with Crippen molar-refractivity contribution in [2.45, 2.75) is 19.4 Å². The number of nitrogens with one attached hydrogen (secondary N) is 1. The van der Waals surface area contributed by atoms with E-state index in [9.17, 15) is 4.39 Å². The molecular formula is C16H16Br2FN. The van der Waals surface area contributed by atoms with E-state index in [4.69, 9.17) is 0 Å². The van der Waals surface area contributed by atoms with Gasteiger partial charge in [0.05, 0.1) is 0 Å². The van der Waals surface area contributed by atoms with Crippen molar-refractivity contribution in [2.75, 3.05) is 6.54 Å². The molecule has 0 bridgehead atoms. The van der Waals surface area contributed by atoms with Crippen LogP contribution in [0.15, 0.2) is 51.4 Å². The summed E-state index contributed by atoms with van der Waals surface area (Å²) >= 11 is 7.02. The third-order valence-corrected chi connectivity index (χ3v) is 4.36. The van der Waals surface area contributed by atoms with Crippen molar-refractivity contribution in [3.63, 3.8) is 0 Å². The zero-order chi connectivity index (χ0) is 14.5. The summed E-state index contributed by atoms with van der Waals surface area (Å²) < 4.78 is 15.2. The van der Waals surface area contributed by atoms with Crippen LogP contribution < -0.4 is 5.32 Å². The molecule has 4 heteroatoms. The predicted octanol–water partition coefficient (Wildman–Crippen LogP) is 5.24. The van der Waals surface area contributed by atoms with Gasteiger partial charge in [-0.1, -0.05) is 50.1 Å². The fourth-order valence-corrected chi connectivity index (χ4v) is 3.48. The highest BCUT2D eigenvalue weighted by Gasteiger charge is 2.08. The Balaban J connectivity index is 1.90. The summed E-state index contributed by atoms with van der Waals surface area (Å²) in [6, 6.07) is 13.2. The average molecular weight is 401 g/mol. The van der Waals surface area contributed by atoms with E-state index in [1.165, 1.54) is 11.6 Å². The standard InChI is InChI=1S/C16H16Br2FN/c1-11(15-6-5-13(17)10-16(15)18)20-8-7-12-3-2-4-14(19)9-12/h2-6,9-11,20H,7-8H2,1H3. The van der Waals surface area contributed by atoms with Gasteiger partial charge in [-0.05, 0) is 55.3 Å². The second-order valence-corrected chi connectivity index (χ2v) is 6.49. The lowest BCUT2D eigenvalue weighted by Gasteiger charge is -2.16. The minimum absolute atomic E-state index is 0.175. The Morgan fingerprint density at radius 1 is 1.15 bits per heavy atom. The van der Waals surface area contributed by atoms with Gasteiger partial charge in [0.2, 0.25) is 0 Å². The molecule has 0 amide bonds. The number of benzene rings is 2. The fourth-order valence-electron chi connectivity index (χ4n) is 2.09. The van der Waals surface area contributed by atoms with Crippen LogP contribution >= 0.6 is 31.9 Å². The minimum atomic E-state index is -0.175. The first-order valence-electron chi connectivity index (χ1n) is 6.49. The quantitative estimate of drug-likeness (QED) is 0.723. The normalized spacial score (nSPS) is 12.4. The van der Waals surface area contributed by atoms with E-state index in [0.717, 1.165) is 27.5 Å². The molecule has 0 radical (unpaired) electrons. The highest BCUT2D eigenvalue weighted by Crippen LogP contribution is 2.26. The van der Waals surface area contributed by atoms with Crippen molar-refractivity contribution < 1.29 is 4.39 Å².